The van der Waals surface area contributed by atoms with Crippen LogP contribution in [-0.4, -0.2) is 52.1 Å². The van der Waals surface area contributed by atoms with Crippen LogP contribution in [0.5, 0.6) is 11.5 Å². The fraction of sp³-hybridized carbons (Fsp3) is 0.207. The summed E-state index contributed by atoms with van der Waals surface area (Å²) in [6.45, 7) is 3.96. The third kappa shape index (κ3) is 6.30. The first-order valence-corrected chi connectivity index (χ1v) is 12.5. The number of benzene rings is 2. The Labute approximate surface area is 225 Å². The van der Waals surface area contributed by atoms with Gasteiger partial charge in [0.15, 0.2) is 6.61 Å². The summed E-state index contributed by atoms with van der Waals surface area (Å²) < 4.78 is 11.2. The molecule has 0 bridgehead atoms. The molecule has 0 aliphatic rings. The van der Waals surface area contributed by atoms with E-state index >= 15 is 0 Å². The number of hydrogen-bond acceptors (Lipinski definition) is 7. The van der Waals surface area contributed by atoms with Crippen LogP contribution in [0, 0.1) is 13.8 Å². The zero-order valence-corrected chi connectivity index (χ0v) is 22.0. The highest BCUT2D eigenvalue weighted by Crippen LogP contribution is 2.24. The van der Waals surface area contributed by atoms with Crippen molar-refractivity contribution in [2.45, 2.75) is 20.3 Å². The number of pyridine rings is 1. The van der Waals surface area contributed by atoms with Gasteiger partial charge < -0.3 is 14.5 Å². The number of amides is 1. The van der Waals surface area contributed by atoms with Crippen LogP contribution in [0.4, 0.5) is 5.95 Å². The lowest BCUT2D eigenvalue weighted by Crippen LogP contribution is -2.39. The molecule has 198 valence electrons. The van der Waals surface area contributed by atoms with Crippen molar-refractivity contribution in [1.29, 1.82) is 0 Å². The highest BCUT2D eigenvalue weighted by Gasteiger charge is 2.12. The van der Waals surface area contributed by atoms with Crippen molar-refractivity contribution in [2.75, 3.05) is 25.6 Å². The summed E-state index contributed by atoms with van der Waals surface area (Å²) in [5.74, 6) is 1.52. The van der Waals surface area contributed by atoms with E-state index < -0.39 is 0 Å². The van der Waals surface area contributed by atoms with E-state index in [9.17, 15) is 4.79 Å². The summed E-state index contributed by atoms with van der Waals surface area (Å²) >= 11 is 0. The highest BCUT2D eigenvalue weighted by molar-refractivity contribution is 6.04. The van der Waals surface area contributed by atoms with Crippen LogP contribution in [0.1, 0.15) is 17.0 Å². The van der Waals surface area contributed by atoms with Gasteiger partial charge in [0, 0.05) is 46.6 Å². The number of aromatic nitrogens is 4. The second kappa shape index (κ2) is 11.6. The van der Waals surface area contributed by atoms with Gasteiger partial charge in [0.25, 0.3) is 5.91 Å². The van der Waals surface area contributed by atoms with Crippen molar-refractivity contribution in [3.8, 4) is 11.5 Å². The molecule has 0 spiro atoms. The monoisotopic (exact) mass is 523 g/mol. The predicted octanol–water partition coefficient (Wildman–Crippen LogP) is 4.34. The molecular formula is C29H29N7O3. The minimum Gasteiger partial charge on any atom is -0.497 e. The van der Waals surface area contributed by atoms with Crippen LogP contribution in [0.25, 0.3) is 21.8 Å². The van der Waals surface area contributed by atoms with Crippen molar-refractivity contribution in [1.82, 2.24) is 25.3 Å². The number of fused-ring (bicyclic) bond motifs is 2. The van der Waals surface area contributed by atoms with E-state index in [-0.39, 0.29) is 18.5 Å². The number of carbonyl (C=O) groups excluding carboxylic acids is 1. The topological polar surface area (TPSA) is 126 Å². The van der Waals surface area contributed by atoms with Gasteiger partial charge >= 0.3 is 0 Å². The molecule has 5 aromatic rings. The molecule has 10 heteroatoms. The average Bonchev–Trinajstić information content (AvgIpc) is 3.33. The molecule has 0 radical (unpaired) electrons. The van der Waals surface area contributed by atoms with E-state index in [2.05, 4.69) is 35.6 Å². The van der Waals surface area contributed by atoms with E-state index in [0.717, 1.165) is 39.0 Å². The fourth-order valence-electron chi connectivity index (χ4n) is 4.28. The zero-order valence-electron chi connectivity index (χ0n) is 22.0. The summed E-state index contributed by atoms with van der Waals surface area (Å²) in [7, 11) is 1.65. The minimum atomic E-state index is -0.379. The van der Waals surface area contributed by atoms with E-state index in [0.29, 0.717) is 30.2 Å². The van der Waals surface area contributed by atoms with Crippen LogP contribution >= 0.6 is 0 Å². The van der Waals surface area contributed by atoms with Gasteiger partial charge in [-0.2, -0.15) is 0 Å². The average molecular weight is 524 g/mol. The molecule has 2 aromatic carbocycles. The van der Waals surface area contributed by atoms with Crippen molar-refractivity contribution >= 4 is 39.6 Å². The number of rotatable bonds is 8. The molecule has 39 heavy (non-hydrogen) atoms. The standard InChI is InChI=1S/C29H29N7O3/c1-18-14-19(2)34-29(33-18)36-28(31-13-11-21-16-32-24-10-9-22(38-3)15-23(21)24)35-26(37)17-39-25-8-4-6-20-7-5-12-30-27(20)25/h4-10,12,14-16,32H,11,13,17H2,1-3H3,(H2,31,33,34,35,36,37). The van der Waals surface area contributed by atoms with Gasteiger partial charge in [0.1, 0.15) is 17.0 Å². The molecule has 5 rings (SSSR count). The number of anilines is 1. The van der Waals surface area contributed by atoms with Gasteiger partial charge in [-0.3, -0.25) is 25.4 Å². The first-order chi connectivity index (χ1) is 19.0. The van der Waals surface area contributed by atoms with Crippen LogP contribution in [0.3, 0.4) is 0 Å². The van der Waals surface area contributed by atoms with Crippen molar-refractivity contribution < 1.29 is 14.3 Å². The summed E-state index contributed by atoms with van der Waals surface area (Å²) in [5.41, 5.74) is 4.40. The number of H-pyrrole nitrogens is 1. The molecule has 0 atom stereocenters. The quantitative estimate of drug-likeness (QED) is 0.204. The van der Waals surface area contributed by atoms with Crippen LogP contribution in [0.15, 0.2) is 72.0 Å². The van der Waals surface area contributed by atoms with E-state index in [1.165, 1.54) is 0 Å². The second-order valence-corrected chi connectivity index (χ2v) is 8.97. The lowest BCUT2D eigenvalue weighted by atomic mass is 10.1. The second-order valence-electron chi connectivity index (χ2n) is 8.97. The number of aromatic amines is 1. The van der Waals surface area contributed by atoms with Crippen molar-refractivity contribution in [3.63, 3.8) is 0 Å². The first-order valence-electron chi connectivity index (χ1n) is 12.5. The van der Waals surface area contributed by atoms with Crippen LogP contribution in [-0.2, 0) is 11.2 Å². The number of para-hydroxylation sites is 1. The zero-order chi connectivity index (χ0) is 27.2. The lowest BCUT2D eigenvalue weighted by Gasteiger charge is -2.13. The van der Waals surface area contributed by atoms with E-state index in [1.807, 2.05) is 68.6 Å². The van der Waals surface area contributed by atoms with Gasteiger partial charge in [0.2, 0.25) is 11.9 Å². The Morgan fingerprint density at radius 1 is 1.05 bits per heavy atom. The maximum absolute atomic E-state index is 12.9. The van der Waals surface area contributed by atoms with Crippen LogP contribution in [0.2, 0.25) is 0 Å². The third-order valence-corrected chi connectivity index (χ3v) is 6.05. The fourth-order valence-corrected chi connectivity index (χ4v) is 4.28. The number of nitrogens with zero attached hydrogens (tertiary/aromatic N) is 4. The number of nitrogens with one attached hydrogen (secondary N) is 3. The molecule has 0 fully saturated rings. The summed E-state index contributed by atoms with van der Waals surface area (Å²) in [6, 6.07) is 17.2. The summed E-state index contributed by atoms with van der Waals surface area (Å²) in [4.78, 5) is 34.0. The lowest BCUT2D eigenvalue weighted by molar-refractivity contribution is -0.121. The van der Waals surface area contributed by atoms with Gasteiger partial charge in [-0.15, -0.1) is 0 Å². The van der Waals surface area contributed by atoms with E-state index in [1.54, 1.807) is 19.4 Å². The number of carbonyl (C=O) groups is 1. The van der Waals surface area contributed by atoms with Gasteiger partial charge in [-0.1, -0.05) is 18.2 Å². The van der Waals surface area contributed by atoms with E-state index in [4.69, 9.17) is 9.47 Å². The Balaban J connectivity index is 1.31. The molecule has 0 aliphatic heterocycles. The molecule has 0 unspecified atom stereocenters. The Kier molecular flexibility index (Phi) is 7.63. The third-order valence-electron chi connectivity index (χ3n) is 6.05. The maximum atomic E-state index is 12.9. The smallest absolute Gasteiger partial charge is 0.264 e. The van der Waals surface area contributed by atoms with Gasteiger partial charge in [0.05, 0.1) is 7.11 Å². The predicted molar refractivity (Wildman–Crippen MR) is 151 cm³/mol. The van der Waals surface area contributed by atoms with Crippen molar-refractivity contribution in [2.24, 2.45) is 4.99 Å². The summed E-state index contributed by atoms with van der Waals surface area (Å²) in [5, 5.41) is 7.86. The van der Waals surface area contributed by atoms with Crippen LogP contribution < -0.4 is 20.1 Å². The molecule has 10 nitrogen and oxygen atoms in total. The highest BCUT2D eigenvalue weighted by atomic mass is 16.5. The Morgan fingerprint density at radius 2 is 1.87 bits per heavy atom. The molecule has 3 aromatic heterocycles. The van der Waals surface area contributed by atoms with Gasteiger partial charge in [-0.05, 0) is 62.2 Å². The normalized spacial score (nSPS) is 11.5. The molecule has 3 N–H and O–H groups in total. The number of aliphatic imine (C=N–C) groups is 1. The minimum absolute atomic E-state index is 0.216. The molecule has 0 saturated carbocycles. The number of ether oxygens (including phenoxy) is 2. The molecule has 3 heterocycles. The van der Waals surface area contributed by atoms with Crippen molar-refractivity contribution in [3.05, 3.63) is 83.9 Å². The number of hydrogen-bond donors (Lipinski definition) is 3. The largest absolute Gasteiger partial charge is 0.497 e. The number of guanidine groups is 1. The maximum Gasteiger partial charge on any atom is 0.264 e. The molecular weight excluding hydrogens is 494 g/mol. The summed E-state index contributed by atoms with van der Waals surface area (Å²) in [6.07, 6.45) is 4.29. The Morgan fingerprint density at radius 3 is 2.69 bits per heavy atom. The molecule has 1 amide bonds. The van der Waals surface area contributed by atoms with Gasteiger partial charge in [-0.25, -0.2) is 9.97 Å². The molecule has 0 aliphatic carbocycles. The number of aryl methyl sites for hydroxylation is 2. The molecule has 0 saturated heterocycles. The Bertz CT molecular complexity index is 1640. The number of methoxy groups -OCH3 is 1. The SMILES string of the molecule is COc1ccc2[nH]cc(CCN=C(NC(=O)COc3cccc4cccnc34)Nc3nc(C)cc(C)n3)c2c1. The Hall–Kier alpha value is -4.99. The first kappa shape index (κ1) is 25.7.